The van der Waals surface area contributed by atoms with Crippen LogP contribution in [-0.4, -0.2) is 26.5 Å². The van der Waals surface area contributed by atoms with Gasteiger partial charge in [-0.3, -0.25) is 4.98 Å². The van der Waals surface area contributed by atoms with Gasteiger partial charge in [0.05, 0.1) is 17.4 Å². The largest absolute Gasteiger partial charge is 0.304 e. The van der Waals surface area contributed by atoms with Gasteiger partial charge in [0.15, 0.2) is 4.60 Å². The lowest BCUT2D eigenvalue weighted by atomic mass is 10.1. The van der Waals surface area contributed by atoms with Crippen molar-refractivity contribution in [1.82, 2.24) is 25.3 Å². The molecule has 2 heterocycles. The SMILES string of the molecule is CCNC(c1ncccc1C)c1c(Br)nnn1C. The third kappa shape index (κ3) is 2.44. The third-order valence-electron chi connectivity index (χ3n) is 2.83. The van der Waals surface area contributed by atoms with Crippen molar-refractivity contribution in [3.63, 3.8) is 0 Å². The first-order valence-electron chi connectivity index (χ1n) is 5.85. The molecule has 5 nitrogen and oxygen atoms in total. The van der Waals surface area contributed by atoms with Crippen LogP contribution in [-0.2, 0) is 7.05 Å². The van der Waals surface area contributed by atoms with E-state index in [9.17, 15) is 0 Å². The number of nitrogens with zero attached hydrogens (tertiary/aromatic N) is 4. The van der Waals surface area contributed by atoms with Crippen molar-refractivity contribution in [3.8, 4) is 0 Å². The van der Waals surface area contributed by atoms with Crippen LogP contribution < -0.4 is 5.32 Å². The molecule has 6 heteroatoms. The van der Waals surface area contributed by atoms with E-state index in [1.807, 2.05) is 19.3 Å². The molecular formula is C12H16BrN5. The lowest BCUT2D eigenvalue weighted by Gasteiger charge is -2.19. The zero-order valence-corrected chi connectivity index (χ0v) is 12.3. The maximum atomic E-state index is 4.48. The molecule has 1 atom stereocenters. The Morgan fingerprint density at radius 3 is 2.83 bits per heavy atom. The molecule has 0 saturated heterocycles. The molecule has 2 aromatic rings. The molecule has 2 rings (SSSR count). The molecule has 1 unspecified atom stereocenters. The maximum absolute atomic E-state index is 4.48. The van der Waals surface area contributed by atoms with Gasteiger partial charge in [-0.2, -0.15) is 0 Å². The molecule has 96 valence electrons. The number of aromatic nitrogens is 4. The van der Waals surface area contributed by atoms with Crippen molar-refractivity contribution in [3.05, 3.63) is 39.9 Å². The van der Waals surface area contributed by atoms with Gasteiger partial charge in [-0.25, -0.2) is 4.68 Å². The van der Waals surface area contributed by atoms with E-state index >= 15 is 0 Å². The number of nitrogens with one attached hydrogen (secondary N) is 1. The number of halogens is 1. The number of aryl methyl sites for hydroxylation is 2. The van der Waals surface area contributed by atoms with E-state index in [0.717, 1.165) is 28.1 Å². The molecule has 2 aromatic heterocycles. The summed E-state index contributed by atoms with van der Waals surface area (Å²) in [5, 5.41) is 11.5. The smallest absolute Gasteiger partial charge is 0.153 e. The highest BCUT2D eigenvalue weighted by Gasteiger charge is 2.23. The first-order chi connectivity index (χ1) is 8.65. The fraction of sp³-hybridized carbons (Fsp3) is 0.417. The van der Waals surface area contributed by atoms with Gasteiger partial charge in [-0.1, -0.05) is 18.2 Å². The first kappa shape index (κ1) is 13.2. The molecule has 0 aliphatic heterocycles. The fourth-order valence-electron chi connectivity index (χ4n) is 1.97. The molecule has 0 bridgehead atoms. The highest BCUT2D eigenvalue weighted by Crippen LogP contribution is 2.27. The van der Waals surface area contributed by atoms with Gasteiger partial charge in [0.25, 0.3) is 0 Å². The van der Waals surface area contributed by atoms with Crippen molar-refractivity contribution in [1.29, 1.82) is 0 Å². The van der Waals surface area contributed by atoms with Gasteiger partial charge < -0.3 is 5.32 Å². The summed E-state index contributed by atoms with van der Waals surface area (Å²) < 4.78 is 2.52. The Labute approximate surface area is 115 Å². The molecule has 0 aliphatic carbocycles. The standard InChI is InChI=1S/C12H16BrN5/c1-4-14-10(9-8(2)6-5-7-15-9)11-12(13)16-17-18(11)3/h5-7,10,14H,4H2,1-3H3. The van der Waals surface area contributed by atoms with Gasteiger partial charge >= 0.3 is 0 Å². The van der Waals surface area contributed by atoms with E-state index < -0.39 is 0 Å². The van der Waals surface area contributed by atoms with Crippen LogP contribution in [0.25, 0.3) is 0 Å². The van der Waals surface area contributed by atoms with Crippen molar-refractivity contribution >= 4 is 15.9 Å². The summed E-state index contributed by atoms with van der Waals surface area (Å²) in [6.07, 6.45) is 1.81. The minimum absolute atomic E-state index is 0.00873. The second-order valence-corrected chi connectivity index (χ2v) is 4.84. The summed E-state index contributed by atoms with van der Waals surface area (Å²) >= 11 is 3.45. The highest BCUT2D eigenvalue weighted by atomic mass is 79.9. The van der Waals surface area contributed by atoms with E-state index in [1.54, 1.807) is 4.68 Å². The molecule has 0 saturated carbocycles. The average Bonchev–Trinajstić information content (AvgIpc) is 2.68. The molecule has 18 heavy (non-hydrogen) atoms. The number of pyridine rings is 1. The topological polar surface area (TPSA) is 55.6 Å². The average molecular weight is 310 g/mol. The Balaban J connectivity index is 2.50. The number of rotatable bonds is 4. The number of hydrogen-bond acceptors (Lipinski definition) is 4. The Morgan fingerprint density at radius 2 is 2.28 bits per heavy atom. The van der Waals surface area contributed by atoms with Crippen LogP contribution in [0.2, 0.25) is 0 Å². The van der Waals surface area contributed by atoms with Crippen LogP contribution in [0.3, 0.4) is 0 Å². The Morgan fingerprint density at radius 1 is 1.50 bits per heavy atom. The molecule has 0 fully saturated rings. The van der Waals surface area contributed by atoms with Crippen molar-refractivity contribution < 1.29 is 0 Å². The maximum Gasteiger partial charge on any atom is 0.153 e. The highest BCUT2D eigenvalue weighted by molar-refractivity contribution is 9.10. The van der Waals surface area contributed by atoms with E-state index in [0.29, 0.717) is 0 Å². The molecule has 0 spiro atoms. The van der Waals surface area contributed by atoms with Gasteiger partial charge in [-0.15, -0.1) is 5.10 Å². The molecule has 0 radical (unpaired) electrons. The summed E-state index contributed by atoms with van der Waals surface area (Å²) in [5.74, 6) is 0. The summed E-state index contributed by atoms with van der Waals surface area (Å²) in [6.45, 7) is 4.98. The van der Waals surface area contributed by atoms with Crippen LogP contribution in [0.5, 0.6) is 0 Å². The summed E-state index contributed by atoms with van der Waals surface area (Å²) in [7, 11) is 1.88. The van der Waals surface area contributed by atoms with Crippen LogP contribution in [0.4, 0.5) is 0 Å². The van der Waals surface area contributed by atoms with Crippen LogP contribution >= 0.6 is 15.9 Å². The molecular weight excluding hydrogens is 294 g/mol. The predicted molar refractivity (Wildman–Crippen MR) is 73.2 cm³/mol. The first-order valence-corrected chi connectivity index (χ1v) is 6.64. The number of hydrogen-bond donors (Lipinski definition) is 1. The van der Waals surface area contributed by atoms with Gasteiger partial charge in [0, 0.05) is 13.2 Å². The Hall–Kier alpha value is -1.27. The summed E-state index contributed by atoms with van der Waals surface area (Å²) in [4.78, 5) is 4.48. The van der Waals surface area contributed by atoms with Crippen LogP contribution in [0.15, 0.2) is 22.9 Å². The second-order valence-electron chi connectivity index (χ2n) is 4.09. The lowest BCUT2D eigenvalue weighted by Crippen LogP contribution is -2.26. The normalized spacial score (nSPS) is 12.7. The Bertz CT molecular complexity index is 518. The Kier molecular flexibility index (Phi) is 4.08. The predicted octanol–water partition coefficient (Wildman–Crippen LogP) is 1.98. The van der Waals surface area contributed by atoms with Gasteiger partial charge in [-0.05, 0) is 41.0 Å². The van der Waals surface area contributed by atoms with Crippen molar-refractivity contribution in [2.45, 2.75) is 19.9 Å². The second kappa shape index (κ2) is 5.58. The zero-order valence-electron chi connectivity index (χ0n) is 10.7. The van der Waals surface area contributed by atoms with Crippen LogP contribution in [0, 0.1) is 6.92 Å². The fourth-order valence-corrected chi connectivity index (χ4v) is 2.53. The van der Waals surface area contributed by atoms with Gasteiger partial charge in [0.2, 0.25) is 0 Å². The molecule has 0 amide bonds. The molecule has 1 N–H and O–H groups in total. The lowest BCUT2D eigenvalue weighted by molar-refractivity contribution is 0.554. The molecule has 0 aromatic carbocycles. The van der Waals surface area contributed by atoms with Gasteiger partial charge in [0.1, 0.15) is 0 Å². The third-order valence-corrected chi connectivity index (χ3v) is 3.40. The minimum atomic E-state index is -0.00873. The van der Waals surface area contributed by atoms with Crippen LogP contribution in [0.1, 0.15) is 29.9 Å². The minimum Gasteiger partial charge on any atom is -0.304 e. The molecule has 0 aliphatic rings. The van der Waals surface area contributed by atoms with E-state index in [-0.39, 0.29) is 6.04 Å². The van der Waals surface area contributed by atoms with E-state index in [4.69, 9.17) is 0 Å². The van der Waals surface area contributed by atoms with E-state index in [2.05, 4.69) is 56.5 Å². The van der Waals surface area contributed by atoms with Crippen molar-refractivity contribution in [2.24, 2.45) is 7.05 Å². The van der Waals surface area contributed by atoms with E-state index in [1.165, 1.54) is 0 Å². The van der Waals surface area contributed by atoms with Crippen molar-refractivity contribution in [2.75, 3.05) is 6.54 Å². The zero-order chi connectivity index (χ0) is 13.1. The summed E-state index contributed by atoms with van der Waals surface area (Å²) in [6, 6.07) is 3.99. The quantitative estimate of drug-likeness (QED) is 0.938. The monoisotopic (exact) mass is 309 g/mol. The summed E-state index contributed by atoms with van der Waals surface area (Å²) in [5.41, 5.74) is 3.14.